The van der Waals surface area contributed by atoms with Gasteiger partial charge in [0.2, 0.25) is 18.6 Å². The number of ether oxygens (including phenoxy) is 3. The Balaban J connectivity index is 1.39. The topological polar surface area (TPSA) is 69.9 Å². The minimum atomic E-state index is -0.185. The average Bonchev–Trinajstić information content (AvgIpc) is 3.33. The molecule has 0 N–H and O–H groups in total. The molecule has 0 amide bonds. The predicted molar refractivity (Wildman–Crippen MR) is 87.5 cm³/mol. The highest BCUT2D eigenvalue weighted by Crippen LogP contribution is 2.43. The van der Waals surface area contributed by atoms with Gasteiger partial charge < -0.3 is 18.6 Å². The number of likely N-dealkylation sites (tertiary alicyclic amines) is 1. The zero-order valence-corrected chi connectivity index (χ0v) is 14.2. The van der Waals surface area contributed by atoms with Crippen LogP contribution < -0.4 is 9.47 Å². The number of piperidine rings is 1. The zero-order chi connectivity index (χ0) is 16.9. The molecule has 7 nitrogen and oxygen atoms in total. The molecular weight excluding hydrogens is 322 g/mol. The summed E-state index contributed by atoms with van der Waals surface area (Å²) in [5, 5.41) is 8.38. The van der Waals surface area contributed by atoms with Crippen molar-refractivity contribution in [1.82, 2.24) is 15.1 Å². The Labute approximate surface area is 145 Å². The van der Waals surface area contributed by atoms with E-state index < -0.39 is 0 Å². The second-order valence-corrected chi connectivity index (χ2v) is 7.08. The molecule has 3 aliphatic rings. The molecule has 3 aliphatic heterocycles. The largest absolute Gasteiger partial charge is 0.454 e. The van der Waals surface area contributed by atoms with Crippen LogP contribution in [0.1, 0.15) is 30.2 Å². The van der Waals surface area contributed by atoms with Gasteiger partial charge in [0.25, 0.3) is 0 Å². The van der Waals surface area contributed by atoms with Gasteiger partial charge in [0.15, 0.2) is 11.5 Å². The summed E-state index contributed by atoms with van der Waals surface area (Å²) in [6, 6.07) is 6.16. The van der Waals surface area contributed by atoms with Crippen LogP contribution in [0, 0.1) is 6.92 Å². The van der Waals surface area contributed by atoms with Crippen molar-refractivity contribution in [3.8, 4) is 11.5 Å². The Morgan fingerprint density at radius 2 is 2.16 bits per heavy atom. The highest BCUT2D eigenvalue weighted by atomic mass is 16.7. The second kappa shape index (κ2) is 5.71. The van der Waals surface area contributed by atoms with E-state index in [1.54, 1.807) is 0 Å². The molecule has 2 fully saturated rings. The van der Waals surface area contributed by atoms with Gasteiger partial charge in [0.05, 0.1) is 11.5 Å². The molecule has 7 heteroatoms. The molecular formula is C18H21N3O4. The van der Waals surface area contributed by atoms with Crippen LogP contribution in [0.25, 0.3) is 0 Å². The number of hydrogen-bond donors (Lipinski definition) is 0. The zero-order valence-electron chi connectivity index (χ0n) is 14.2. The first-order chi connectivity index (χ1) is 12.2. The molecule has 2 atom stereocenters. The standard InChI is InChI=1S/C18H21N3O4/c1-12-19-20-17(25-12)18-5-7-22-16(18)4-6-21(10-18)9-13-2-3-14-15(8-13)24-11-23-14/h2-3,8,16H,4-7,9-11H2,1H3/t16-,18-/m0/s1. The fourth-order valence-electron chi connectivity index (χ4n) is 4.26. The summed E-state index contributed by atoms with van der Waals surface area (Å²) >= 11 is 0. The van der Waals surface area contributed by atoms with Gasteiger partial charge in [-0.05, 0) is 30.5 Å². The summed E-state index contributed by atoms with van der Waals surface area (Å²) in [5.41, 5.74) is 1.04. The van der Waals surface area contributed by atoms with E-state index in [4.69, 9.17) is 18.6 Å². The fourth-order valence-corrected chi connectivity index (χ4v) is 4.26. The van der Waals surface area contributed by atoms with Crippen LogP contribution in [0.2, 0.25) is 0 Å². The lowest BCUT2D eigenvalue weighted by molar-refractivity contribution is 0.00582. The number of benzene rings is 1. The molecule has 2 saturated heterocycles. The van der Waals surface area contributed by atoms with Crippen molar-refractivity contribution < 1.29 is 18.6 Å². The lowest BCUT2D eigenvalue weighted by atomic mass is 9.76. The number of rotatable bonds is 3. The molecule has 0 radical (unpaired) electrons. The second-order valence-electron chi connectivity index (χ2n) is 7.08. The number of aryl methyl sites for hydroxylation is 1. The molecule has 0 saturated carbocycles. The van der Waals surface area contributed by atoms with E-state index in [1.165, 1.54) is 5.56 Å². The van der Waals surface area contributed by atoms with Gasteiger partial charge in [0, 0.05) is 33.2 Å². The fraction of sp³-hybridized carbons (Fsp3) is 0.556. The number of fused-ring (bicyclic) bond motifs is 2. The molecule has 4 heterocycles. The SMILES string of the molecule is Cc1nnc([C@]23CCO[C@H]2CCN(Cc2ccc4c(c2)OCO4)C3)o1. The molecule has 25 heavy (non-hydrogen) atoms. The van der Waals surface area contributed by atoms with Crippen molar-refractivity contribution >= 4 is 0 Å². The smallest absolute Gasteiger partial charge is 0.231 e. The van der Waals surface area contributed by atoms with Gasteiger partial charge in [-0.2, -0.15) is 0 Å². The van der Waals surface area contributed by atoms with Crippen LogP contribution >= 0.6 is 0 Å². The monoisotopic (exact) mass is 343 g/mol. The quantitative estimate of drug-likeness (QED) is 0.844. The van der Waals surface area contributed by atoms with E-state index in [9.17, 15) is 0 Å². The molecule has 2 aromatic rings. The van der Waals surface area contributed by atoms with Gasteiger partial charge in [-0.1, -0.05) is 6.07 Å². The van der Waals surface area contributed by atoms with Gasteiger partial charge in [-0.25, -0.2) is 0 Å². The number of aromatic nitrogens is 2. The number of hydrogen-bond acceptors (Lipinski definition) is 7. The van der Waals surface area contributed by atoms with Crippen LogP contribution in [0.5, 0.6) is 11.5 Å². The maximum Gasteiger partial charge on any atom is 0.231 e. The third-order valence-electron chi connectivity index (χ3n) is 5.49. The maximum absolute atomic E-state index is 5.99. The molecule has 0 unspecified atom stereocenters. The minimum Gasteiger partial charge on any atom is -0.454 e. The van der Waals surface area contributed by atoms with Gasteiger partial charge >= 0.3 is 0 Å². The van der Waals surface area contributed by atoms with E-state index >= 15 is 0 Å². The Kier molecular flexibility index (Phi) is 3.46. The van der Waals surface area contributed by atoms with Crippen molar-refractivity contribution in [2.45, 2.75) is 37.8 Å². The molecule has 1 aromatic carbocycles. The van der Waals surface area contributed by atoms with Crippen molar-refractivity contribution in [3.63, 3.8) is 0 Å². The highest BCUT2D eigenvalue weighted by molar-refractivity contribution is 5.44. The predicted octanol–water partition coefficient (Wildman–Crippen LogP) is 2.04. The Hall–Kier alpha value is -2.12. The normalized spacial score (nSPS) is 28.3. The lowest BCUT2D eigenvalue weighted by Gasteiger charge is -2.41. The van der Waals surface area contributed by atoms with Crippen molar-refractivity contribution in [3.05, 3.63) is 35.5 Å². The molecule has 0 bridgehead atoms. The Morgan fingerprint density at radius 1 is 1.24 bits per heavy atom. The summed E-state index contributed by atoms with van der Waals surface area (Å²) in [5.74, 6) is 2.99. The summed E-state index contributed by atoms with van der Waals surface area (Å²) in [6.45, 7) is 5.62. The van der Waals surface area contributed by atoms with Crippen LogP contribution in [0.4, 0.5) is 0 Å². The summed E-state index contributed by atoms with van der Waals surface area (Å²) in [6.07, 6.45) is 2.07. The van der Waals surface area contributed by atoms with E-state index in [1.807, 2.05) is 13.0 Å². The molecule has 1 aromatic heterocycles. The molecule has 0 aliphatic carbocycles. The van der Waals surface area contributed by atoms with Crippen molar-refractivity contribution in [1.29, 1.82) is 0 Å². The molecule has 0 spiro atoms. The summed E-state index contributed by atoms with van der Waals surface area (Å²) in [4.78, 5) is 2.45. The van der Waals surface area contributed by atoms with E-state index in [0.717, 1.165) is 56.5 Å². The third kappa shape index (κ3) is 2.49. The first-order valence-electron chi connectivity index (χ1n) is 8.76. The van der Waals surface area contributed by atoms with Crippen LogP contribution in [-0.2, 0) is 16.7 Å². The first-order valence-corrected chi connectivity index (χ1v) is 8.76. The van der Waals surface area contributed by atoms with Gasteiger partial charge in [-0.15, -0.1) is 10.2 Å². The van der Waals surface area contributed by atoms with Crippen LogP contribution in [-0.4, -0.2) is 47.7 Å². The maximum atomic E-state index is 5.99. The van der Waals surface area contributed by atoms with E-state index in [-0.39, 0.29) is 11.5 Å². The van der Waals surface area contributed by atoms with Crippen molar-refractivity contribution in [2.24, 2.45) is 0 Å². The molecule has 132 valence electrons. The van der Waals surface area contributed by atoms with E-state index in [2.05, 4.69) is 27.2 Å². The van der Waals surface area contributed by atoms with Gasteiger partial charge in [-0.3, -0.25) is 4.90 Å². The van der Waals surface area contributed by atoms with Crippen molar-refractivity contribution in [2.75, 3.05) is 26.5 Å². The van der Waals surface area contributed by atoms with Gasteiger partial charge in [0.1, 0.15) is 0 Å². The third-order valence-corrected chi connectivity index (χ3v) is 5.49. The minimum absolute atomic E-state index is 0.167. The first kappa shape index (κ1) is 15.2. The van der Waals surface area contributed by atoms with E-state index in [0.29, 0.717) is 12.7 Å². The summed E-state index contributed by atoms with van der Waals surface area (Å²) < 4.78 is 22.7. The average molecular weight is 343 g/mol. The Morgan fingerprint density at radius 3 is 3.04 bits per heavy atom. The van der Waals surface area contributed by atoms with Crippen LogP contribution in [0.3, 0.4) is 0 Å². The lowest BCUT2D eigenvalue weighted by Crippen LogP contribution is -2.52. The molecule has 5 rings (SSSR count). The highest BCUT2D eigenvalue weighted by Gasteiger charge is 2.52. The summed E-state index contributed by atoms with van der Waals surface area (Å²) in [7, 11) is 0. The Bertz CT molecular complexity index is 792. The number of nitrogens with zero attached hydrogens (tertiary/aromatic N) is 3. The van der Waals surface area contributed by atoms with Crippen LogP contribution in [0.15, 0.2) is 22.6 Å².